The molecule has 2 heterocycles. The molecule has 0 fully saturated rings. The molecule has 3 N–H and O–H groups in total. The van der Waals surface area contributed by atoms with Gasteiger partial charge in [0.25, 0.3) is 0 Å². The second-order valence-electron chi connectivity index (χ2n) is 4.26. The van der Waals surface area contributed by atoms with Gasteiger partial charge in [0.15, 0.2) is 5.82 Å². The van der Waals surface area contributed by atoms with Crippen LogP contribution in [0.5, 0.6) is 0 Å². The molecule has 0 aliphatic rings. The standard InChI is InChI=1S/C14H8N4O2S/c15-6-7-2-1-3-8(4-7)12-17-11(16)9-5-10(14(19)20)21-13(9)18-12/h1-5H,(H,19,20)(H2,16,17,18). The minimum absolute atomic E-state index is 0.161. The maximum atomic E-state index is 11.0. The summed E-state index contributed by atoms with van der Waals surface area (Å²) in [5, 5.41) is 18.5. The number of thiophene rings is 1. The van der Waals surface area contributed by atoms with E-state index in [0.717, 1.165) is 11.3 Å². The summed E-state index contributed by atoms with van der Waals surface area (Å²) in [5.41, 5.74) is 7.03. The number of nitriles is 1. The summed E-state index contributed by atoms with van der Waals surface area (Å²) in [7, 11) is 0. The highest BCUT2D eigenvalue weighted by molar-refractivity contribution is 7.20. The zero-order valence-electron chi connectivity index (χ0n) is 10.6. The summed E-state index contributed by atoms with van der Waals surface area (Å²) in [5.74, 6) is -0.428. The first-order valence-electron chi connectivity index (χ1n) is 5.89. The quantitative estimate of drug-likeness (QED) is 0.751. The van der Waals surface area contributed by atoms with Crippen LogP contribution in [0.4, 0.5) is 5.82 Å². The molecular formula is C14H8N4O2S. The van der Waals surface area contributed by atoms with E-state index in [2.05, 4.69) is 9.97 Å². The van der Waals surface area contributed by atoms with Gasteiger partial charge in [0.1, 0.15) is 15.5 Å². The number of fused-ring (bicyclic) bond motifs is 1. The molecule has 0 spiro atoms. The number of carbonyl (C=O) groups is 1. The fraction of sp³-hybridized carbons (Fsp3) is 0. The van der Waals surface area contributed by atoms with Gasteiger partial charge in [-0.15, -0.1) is 11.3 Å². The van der Waals surface area contributed by atoms with E-state index in [0.29, 0.717) is 27.2 Å². The van der Waals surface area contributed by atoms with Crippen molar-refractivity contribution >= 4 is 33.3 Å². The van der Waals surface area contributed by atoms with Gasteiger partial charge in [0.2, 0.25) is 0 Å². The molecule has 7 heteroatoms. The van der Waals surface area contributed by atoms with Crippen LogP contribution in [0, 0.1) is 11.3 Å². The molecular weight excluding hydrogens is 288 g/mol. The number of anilines is 1. The molecule has 0 bridgehead atoms. The van der Waals surface area contributed by atoms with Crippen molar-refractivity contribution in [3.8, 4) is 17.5 Å². The van der Waals surface area contributed by atoms with Crippen LogP contribution in [0.3, 0.4) is 0 Å². The van der Waals surface area contributed by atoms with Crippen molar-refractivity contribution < 1.29 is 9.90 Å². The Morgan fingerprint density at radius 1 is 1.33 bits per heavy atom. The van der Waals surface area contributed by atoms with Crippen molar-refractivity contribution in [1.82, 2.24) is 9.97 Å². The molecule has 2 aromatic heterocycles. The van der Waals surface area contributed by atoms with E-state index in [1.807, 2.05) is 6.07 Å². The number of benzene rings is 1. The van der Waals surface area contributed by atoms with E-state index in [-0.39, 0.29) is 10.7 Å². The van der Waals surface area contributed by atoms with Crippen LogP contribution in [-0.4, -0.2) is 21.0 Å². The highest BCUT2D eigenvalue weighted by Gasteiger charge is 2.14. The van der Waals surface area contributed by atoms with Gasteiger partial charge in [-0.1, -0.05) is 12.1 Å². The molecule has 0 saturated carbocycles. The largest absolute Gasteiger partial charge is 0.477 e. The minimum atomic E-state index is -1.02. The number of aromatic nitrogens is 2. The van der Waals surface area contributed by atoms with Crippen LogP contribution in [0.15, 0.2) is 30.3 Å². The van der Waals surface area contributed by atoms with Gasteiger partial charge in [-0.3, -0.25) is 0 Å². The van der Waals surface area contributed by atoms with E-state index in [9.17, 15) is 4.79 Å². The van der Waals surface area contributed by atoms with Crippen molar-refractivity contribution in [3.63, 3.8) is 0 Å². The average Bonchev–Trinajstić information content (AvgIpc) is 2.92. The van der Waals surface area contributed by atoms with Crippen LogP contribution < -0.4 is 5.73 Å². The second-order valence-corrected chi connectivity index (χ2v) is 5.29. The summed E-state index contributed by atoms with van der Waals surface area (Å²) in [6, 6.07) is 10.4. The van der Waals surface area contributed by atoms with Gasteiger partial charge < -0.3 is 10.8 Å². The Morgan fingerprint density at radius 3 is 2.86 bits per heavy atom. The van der Waals surface area contributed by atoms with Gasteiger partial charge in [0, 0.05) is 5.56 Å². The first-order valence-corrected chi connectivity index (χ1v) is 6.71. The molecule has 0 radical (unpaired) electrons. The fourth-order valence-corrected chi connectivity index (χ4v) is 2.78. The van der Waals surface area contributed by atoms with Gasteiger partial charge >= 0.3 is 5.97 Å². The number of hydrogen-bond acceptors (Lipinski definition) is 6. The van der Waals surface area contributed by atoms with Gasteiger partial charge in [-0.2, -0.15) is 5.26 Å². The summed E-state index contributed by atoms with van der Waals surface area (Å²) in [6.45, 7) is 0. The number of carboxylic acids is 1. The molecule has 21 heavy (non-hydrogen) atoms. The molecule has 3 rings (SSSR count). The Labute approximate surface area is 123 Å². The van der Waals surface area contributed by atoms with Crippen LogP contribution in [0.1, 0.15) is 15.2 Å². The van der Waals surface area contributed by atoms with Crippen molar-refractivity contribution in [3.05, 3.63) is 40.8 Å². The Morgan fingerprint density at radius 2 is 2.14 bits per heavy atom. The summed E-state index contributed by atoms with van der Waals surface area (Å²) < 4.78 is 0. The van der Waals surface area contributed by atoms with Gasteiger partial charge in [-0.25, -0.2) is 14.8 Å². The highest BCUT2D eigenvalue weighted by Crippen LogP contribution is 2.30. The topological polar surface area (TPSA) is 113 Å². The predicted molar refractivity (Wildman–Crippen MR) is 78.9 cm³/mol. The molecule has 0 atom stereocenters. The van der Waals surface area contributed by atoms with Crippen molar-refractivity contribution in [2.45, 2.75) is 0 Å². The lowest BCUT2D eigenvalue weighted by Gasteiger charge is -2.02. The van der Waals surface area contributed by atoms with Gasteiger partial charge in [0.05, 0.1) is 17.0 Å². The third kappa shape index (κ3) is 2.28. The highest BCUT2D eigenvalue weighted by atomic mass is 32.1. The lowest BCUT2D eigenvalue weighted by Crippen LogP contribution is -1.96. The van der Waals surface area contributed by atoms with Crippen LogP contribution in [0.2, 0.25) is 0 Å². The maximum Gasteiger partial charge on any atom is 0.345 e. The van der Waals surface area contributed by atoms with E-state index < -0.39 is 5.97 Å². The Balaban J connectivity index is 2.20. The number of nitrogens with two attached hydrogens (primary N) is 1. The molecule has 0 aliphatic heterocycles. The van der Waals surface area contributed by atoms with Crippen molar-refractivity contribution in [1.29, 1.82) is 5.26 Å². The SMILES string of the molecule is N#Cc1cccc(-c2nc(N)c3cc(C(=O)O)sc3n2)c1. The summed E-state index contributed by atoms with van der Waals surface area (Å²) in [6.07, 6.45) is 0. The number of aromatic carboxylic acids is 1. The Bertz CT molecular complexity index is 911. The molecule has 6 nitrogen and oxygen atoms in total. The molecule has 3 aromatic rings. The van der Waals surface area contributed by atoms with E-state index in [1.165, 1.54) is 6.07 Å². The zero-order chi connectivity index (χ0) is 15.0. The summed E-state index contributed by atoms with van der Waals surface area (Å²) in [4.78, 5) is 20.2. The second kappa shape index (κ2) is 4.85. The molecule has 0 saturated heterocycles. The van der Waals surface area contributed by atoms with Crippen LogP contribution >= 0.6 is 11.3 Å². The lowest BCUT2D eigenvalue weighted by molar-refractivity contribution is 0.0702. The zero-order valence-corrected chi connectivity index (χ0v) is 11.4. The first-order chi connectivity index (χ1) is 10.1. The smallest absolute Gasteiger partial charge is 0.345 e. The van der Waals surface area contributed by atoms with E-state index in [4.69, 9.17) is 16.1 Å². The third-order valence-electron chi connectivity index (χ3n) is 2.88. The molecule has 0 aliphatic carbocycles. The number of carboxylic acid groups (broad SMARTS) is 1. The van der Waals surface area contributed by atoms with Crippen molar-refractivity contribution in [2.75, 3.05) is 5.73 Å². The molecule has 0 amide bonds. The average molecular weight is 296 g/mol. The maximum absolute atomic E-state index is 11.0. The van der Waals surface area contributed by atoms with E-state index in [1.54, 1.807) is 24.3 Å². The number of rotatable bonds is 2. The van der Waals surface area contributed by atoms with E-state index >= 15 is 0 Å². The summed E-state index contributed by atoms with van der Waals surface area (Å²) >= 11 is 1.04. The monoisotopic (exact) mass is 296 g/mol. The lowest BCUT2D eigenvalue weighted by atomic mass is 10.1. The number of nitrogens with zero attached hydrogens (tertiary/aromatic N) is 3. The van der Waals surface area contributed by atoms with Crippen LogP contribution in [0.25, 0.3) is 21.6 Å². The third-order valence-corrected chi connectivity index (χ3v) is 3.90. The van der Waals surface area contributed by atoms with Gasteiger partial charge in [-0.05, 0) is 18.2 Å². The number of nitrogen functional groups attached to an aromatic ring is 1. The normalized spacial score (nSPS) is 10.4. The number of hydrogen-bond donors (Lipinski definition) is 2. The Hall–Kier alpha value is -2.98. The molecule has 102 valence electrons. The van der Waals surface area contributed by atoms with Crippen molar-refractivity contribution in [2.24, 2.45) is 0 Å². The molecule has 0 unspecified atom stereocenters. The van der Waals surface area contributed by atoms with Crippen LogP contribution in [-0.2, 0) is 0 Å². The molecule has 1 aromatic carbocycles. The Kier molecular flexibility index (Phi) is 3.01. The predicted octanol–water partition coefficient (Wildman–Crippen LogP) is 2.51. The minimum Gasteiger partial charge on any atom is -0.477 e. The first kappa shape index (κ1) is 13.0. The fourth-order valence-electron chi connectivity index (χ4n) is 1.91.